The van der Waals surface area contributed by atoms with Crippen LogP contribution in [0, 0.1) is 5.82 Å². The van der Waals surface area contributed by atoms with Gasteiger partial charge in [-0.05, 0) is 31.0 Å². The van der Waals surface area contributed by atoms with Gasteiger partial charge in [0.1, 0.15) is 11.9 Å². The van der Waals surface area contributed by atoms with Crippen molar-refractivity contribution >= 4 is 23.4 Å². The summed E-state index contributed by atoms with van der Waals surface area (Å²) >= 11 is 5.72. The van der Waals surface area contributed by atoms with E-state index < -0.39 is 11.9 Å². The number of amides is 2. The number of piperazine rings is 1. The van der Waals surface area contributed by atoms with Crippen LogP contribution in [0.2, 0.25) is 5.02 Å². The molecule has 2 fully saturated rings. The molecule has 0 spiro atoms. The number of hydrogen-bond acceptors (Lipinski definition) is 4. The Kier molecular flexibility index (Phi) is 5.56. The van der Waals surface area contributed by atoms with Crippen LogP contribution in [-0.2, 0) is 9.53 Å². The van der Waals surface area contributed by atoms with E-state index in [-0.39, 0.29) is 28.5 Å². The first kappa shape index (κ1) is 18.1. The summed E-state index contributed by atoms with van der Waals surface area (Å²) in [6, 6.07) is 4.00. The zero-order valence-corrected chi connectivity index (χ0v) is 14.5. The van der Waals surface area contributed by atoms with Crippen LogP contribution in [-0.4, -0.2) is 66.5 Å². The fourth-order valence-corrected chi connectivity index (χ4v) is 3.39. The van der Waals surface area contributed by atoms with E-state index in [0.717, 1.165) is 12.5 Å². The third-order valence-corrected chi connectivity index (χ3v) is 4.92. The van der Waals surface area contributed by atoms with Crippen LogP contribution in [0.15, 0.2) is 18.2 Å². The van der Waals surface area contributed by atoms with Crippen LogP contribution in [0.25, 0.3) is 0 Å². The SMILES string of the molecule is NC[C@H]1CC[C@@H](C(=O)N2CCN(C(=O)c3ccc(Cl)cc3F)CC2)O1. The number of nitrogens with two attached hydrogens (primary N) is 1. The van der Waals surface area contributed by atoms with Crippen molar-refractivity contribution in [3.8, 4) is 0 Å². The van der Waals surface area contributed by atoms with Crippen molar-refractivity contribution in [3.05, 3.63) is 34.6 Å². The lowest BCUT2D eigenvalue weighted by Crippen LogP contribution is -2.53. The normalized spacial score (nSPS) is 23.8. The van der Waals surface area contributed by atoms with Crippen molar-refractivity contribution in [1.29, 1.82) is 0 Å². The Morgan fingerprint density at radius 2 is 1.88 bits per heavy atom. The Morgan fingerprint density at radius 3 is 2.48 bits per heavy atom. The number of carbonyl (C=O) groups is 2. The van der Waals surface area contributed by atoms with E-state index in [9.17, 15) is 14.0 Å². The van der Waals surface area contributed by atoms with Crippen LogP contribution in [0.4, 0.5) is 4.39 Å². The number of benzene rings is 1. The largest absolute Gasteiger partial charge is 0.364 e. The van der Waals surface area contributed by atoms with Crippen LogP contribution in [0.1, 0.15) is 23.2 Å². The molecule has 0 saturated carbocycles. The van der Waals surface area contributed by atoms with Crippen molar-refractivity contribution in [3.63, 3.8) is 0 Å². The average Bonchev–Trinajstić information content (AvgIpc) is 3.10. The van der Waals surface area contributed by atoms with Crippen LogP contribution < -0.4 is 5.73 Å². The second-order valence-electron chi connectivity index (χ2n) is 6.30. The highest BCUT2D eigenvalue weighted by Crippen LogP contribution is 2.22. The Labute approximate surface area is 150 Å². The molecule has 1 aromatic rings. The van der Waals surface area contributed by atoms with Gasteiger partial charge in [0.15, 0.2) is 0 Å². The third-order valence-electron chi connectivity index (χ3n) is 4.69. The number of halogens is 2. The van der Waals surface area contributed by atoms with Gasteiger partial charge in [0, 0.05) is 37.7 Å². The molecule has 3 rings (SSSR count). The molecule has 2 amide bonds. The van der Waals surface area contributed by atoms with Gasteiger partial charge in [-0.15, -0.1) is 0 Å². The maximum atomic E-state index is 13.9. The number of rotatable bonds is 3. The summed E-state index contributed by atoms with van der Waals surface area (Å²) in [5, 5.41) is 0.247. The fraction of sp³-hybridized carbons (Fsp3) is 0.529. The summed E-state index contributed by atoms with van der Waals surface area (Å²) in [5.74, 6) is -1.08. The molecule has 2 N–H and O–H groups in total. The second-order valence-corrected chi connectivity index (χ2v) is 6.74. The molecule has 136 valence electrons. The smallest absolute Gasteiger partial charge is 0.256 e. The van der Waals surface area contributed by atoms with Crippen molar-refractivity contribution in [2.45, 2.75) is 25.0 Å². The van der Waals surface area contributed by atoms with Crippen LogP contribution in [0.3, 0.4) is 0 Å². The Bertz CT molecular complexity index is 665. The molecule has 0 radical (unpaired) electrons. The van der Waals surface area contributed by atoms with Gasteiger partial charge in [0.25, 0.3) is 11.8 Å². The van der Waals surface area contributed by atoms with E-state index in [1.54, 1.807) is 9.80 Å². The topological polar surface area (TPSA) is 75.9 Å². The molecule has 0 aromatic heterocycles. The van der Waals surface area contributed by atoms with Gasteiger partial charge in [0.2, 0.25) is 0 Å². The van der Waals surface area contributed by atoms with Gasteiger partial charge in [0.05, 0.1) is 11.7 Å². The molecule has 25 heavy (non-hydrogen) atoms. The van der Waals surface area contributed by atoms with Gasteiger partial charge in [-0.1, -0.05) is 11.6 Å². The fourth-order valence-electron chi connectivity index (χ4n) is 3.23. The standard InChI is InChI=1S/C17H21ClFN3O3/c18-11-1-3-13(14(19)9-11)16(23)21-5-7-22(8-6-21)17(24)15-4-2-12(10-20)25-15/h1,3,9,12,15H,2,4-8,10,20H2/t12-,15+/m1/s1. The first-order chi connectivity index (χ1) is 12.0. The van der Waals surface area contributed by atoms with E-state index in [0.29, 0.717) is 39.1 Å². The highest BCUT2D eigenvalue weighted by atomic mass is 35.5. The Balaban J connectivity index is 1.56. The van der Waals surface area contributed by atoms with E-state index in [2.05, 4.69) is 0 Å². The van der Waals surface area contributed by atoms with Gasteiger partial charge in [-0.3, -0.25) is 9.59 Å². The van der Waals surface area contributed by atoms with Crippen LogP contribution in [0.5, 0.6) is 0 Å². The number of nitrogens with zero attached hydrogens (tertiary/aromatic N) is 2. The molecule has 0 bridgehead atoms. The van der Waals surface area contributed by atoms with Crippen molar-refractivity contribution < 1.29 is 18.7 Å². The molecule has 2 saturated heterocycles. The minimum atomic E-state index is -0.636. The minimum Gasteiger partial charge on any atom is -0.364 e. The Morgan fingerprint density at radius 1 is 1.20 bits per heavy atom. The lowest BCUT2D eigenvalue weighted by atomic mass is 10.1. The van der Waals surface area contributed by atoms with Crippen LogP contribution >= 0.6 is 11.6 Å². The predicted molar refractivity (Wildman–Crippen MR) is 90.8 cm³/mol. The quantitative estimate of drug-likeness (QED) is 0.870. The zero-order valence-electron chi connectivity index (χ0n) is 13.8. The minimum absolute atomic E-state index is 0.00547. The zero-order chi connectivity index (χ0) is 18.0. The predicted octanol–water partition coefficient (Wildman–Crippen LogP) is 1.27. The average molecular weight is 370 g/mol. The van der Waals surface area contributed by atoms with Gasteiger partial charge in [-0.25, -0.2) is 4.39 Å². The van der Waals surface area contributed by atoms with Gasteiger partial charge >= 0.3 is 0 Å². The highest BCUT2D eigenvalue weighted by molar-refractivity contribution is 6.30. The monoisotopic (exact) mass is 369 g/mol. The maximum Gasteiger partial charge on any atom is 0.256 e. The number of ether oxygens (including phenoxy) is 1. The summed E-state index contributed by atoms with van der Waals surface area (Å²) < 4.78 is 19.5. The van der Waals surface area contributed by atoms with Crippen molar-refractivity contribution in [1.82, 2.24) is 9.80 Å². The number of carbonyl (C=O) groups excluding carboxylic acids is 2. The highest BCUT2D eigenvalue weighted by Gasteiger charge is 2.35. The molecule has 2 heterocycles. The summed E-state index contributed by atoms with van der Waals surface area (Å²) in [4.78, 5) is 28.2. The summed E-state index contributed by atoms with van der Waals surface area (Å²) in [6.45, 7) is 1.96. The van der Waals surface area contributed by atoms with Gasteiger partial charge < -0.3 is 20.3 Å². The van der Waals surface area contributed by atoms with Crippen molar-refractivity contribution in [2.75, 3.05) is 32.7 Å². The Hall–Kier alpha value is -1.70. The summed E-state index contributed by atoms with van der Waals surface area (Å²) in [5.41, 5.74) is 5.56. The van der Waals surface area contributed by atoms with E-state index in [4.69, 9.17) is 22.1 Å². The van der Waals surface area contributed by atoms with E-state index >= 15 is 0 Å². The lowest BCUT2D eigenvalue weighted by molar-refractivity contribution is -0.144. The van der Waals surface area contributed by atoms with E-state index in [1.807, 2.05) is 0 Å². The molecular weight excluding hydrogens is 349 g/mol. The van der Waals surface area contributed by atoms with Crippen molar-refractivity contribution in [2.24, 2.45) is 5.73 Å². The molecule has 6 nitrogen and oxygen atoms in total. The number of hydrogen-bond donors (Lipinski definition) is 1. The molecule has 2 atom stereocenters. The molecule has 0 unspecified atom stereocenters. The molecule has 8 heteroatoms. The lowest BCUT2D eigenvalue weighted by Gasteiger charge is -2.36. The van der Waals surface area contributed by atoms with E-state index in [1.165, 1.54) is 12.1 Å². The summed E-state index contributed by atoms with van der Waals surface area (Å²) in [7, 11) is 0. The molecule has 2 aliphatic rings. The summed E-state index contributed by atoms with van der Waals surface area (Å²) in [6.07, 6.45) is 0.978. The molecule has 1 aromatic carbocycles. The molecular formula is C17H21ClFN3O3. The molecule has 2 aliphatic heterocycles. The maximum absolute atomic E-state index is 13.9. The molecule has 0 aliphatic carbocycles. The second kappa shape index (κ2) is 7.68. The first-order valence-corrected chi connectivity index (χ1v) is 8.76. The third kappa shape index (κ3) is 3.94. The first-order valence-electron chi connectivity index (χ1n) is 8.38. The van der Waals surface area contributed by atoms with Gasteiger partial charge in [-0.2, -0.15) is 0 Å².